The number of methoxy groups -OCH3 is 1. The molecule has 0 saturated heterocycles. The first-order chi connectivity index (χ1) is 8.77. The summed E-state index contributed by atoms with van der Waals surface area (Å²) in [5.74, 6) is 1.60. The van der Waals surface area contributed by atoms with Crippen molar-refractivity contribution in [1.29, 1.82) is 0 Å². The third kappa shape index (κ3) is 5.38. The zero-order valence-electron chi connectivity index (χ0n) is 11.6. The number of ether oxygens (including phenoxy) is 2. The molecule has 4 heteroatoms. The van der Waals surface area contributed by atoms with Gasteiger partial charge >= 0.3 is 0 Å². The smallest absolute Gasteiger partial charge is 0.161 e. The molecule has 0 unspecified atom stereocenters. The Bertz CT molecular complexity index is 331. The molecule has 0 atom stereocenters. The maximum atomic E-state index is 5.72. The number of rotatable bonds is 9. The van der Waals surface area contributed by atoms with Crippen LogP contribution in [0.1, 0.15) is 6.42 Å². The van der Waals surface area contributed by atoms with Gasteiger partial charge in [-0.3, -0.25) is 0 Å². The van der Waals surface area contributed by atoms with Gasteiger partial charge in [0.1, 0.15) is 6.61 Å². The van der Waals surface area contributed by atoms with Gasteiger partial charge in [-0.05, 0) is 45.7 Å². The van der Waals surface area contributed by atoms with Gasteiger partial charge in [0.25, 0.3) is 0 Å². The summed E-state index contributed by atoms with van der Waals surface area (Å²) < 4.78 is 11.0. The zero-order chi connectivity index (χ0) is 13.2. The number of nitrogens with zero attached hydrogens (tertiary/aromatic N) is 1. The largest absolute Gasteiger partial charge is 0.493 e. The predicted molar refractivity (Wildman–Crippen MR) is 74.5 cm³/mol. The molecule has 18 heavy (non-hydrogen) atoms. The average Bonchev–Trinajstić information content (AvgIpc) is 2.39. The molecule has 0 aliphatic heterocycles. The van der Waals surface area contributed by atoms with E-state index in [-0.39, 0.29) is 0 Å². The first-order valence-corrected chi connectivity index (χ1v) is 6.37. The number of hydrogen-bond acceptors (Lipinski definition) is 4. The van der Waals surface area contributed by atoms with E-state index in [1.807, 2.05) is 31.3 Å². The van der Waals surface area contributed by atoms with Gasteiger partial charge in [0.2, 0.25) is 0 Å². The Labute approximate surface area is 110 Å². The normalized spacial score (nSPS) is 10.7. The summed E-state index contributed by atoms with van der Waals surface area (Å²) in [5, 5.41) is 3.15. The first kappa shape index (κ1) is 14.8. The van der Waals surface area contributed by atoms with Crippen LogP contribution in [0.3, 0.4) is 0 Å². The standard InChI is InChI=1S/C14H24N2O2/c1-15-9-6-10-16(2)11-12-18-14-8-5-4-7-13(14)17-3/h4-5,7-8,15H,6,9-12H2,1-3H3. The molecule has 0 bridgehead atoms. The molecular formula is C14H24N2O2. The lowest BCUT2D eigenvalue weighted by Crippen LogP contribution is -2.27. The predicted octanol–water partition coefficient (Wildman–Crippen LogP) is 1.62. The molecule has 4 nitrogen and oxygen atoms in total. The van der Waals surface area contributed by atoms with Crippen LogP contribution in [0.2, 0.25) is 0 Å². The quantitative estimate of drug-likeness (QED) is 0.677. The summed E-state index contributed by atoms with van der Waals surface area (Å²) in [6, 6.07) is 7.73. The fourth-order valence-electron chi connectivity index (χ4n) is 1.69. The Morgan fingerprint density at radius 2 is 1.89 bits per heavy atom. The van der Waals surface area contributed by atoms with E-state index >= 15 is 0 Å². The zero-order valence-corrected chi connectivity index (χ0v) is 11.6. The third-order valence-electron chi connectivity index (χ3n) is 2.77. The van der Waals surface area contributed by atoms with E-state index in [0.717, 1.165) is 37.6 Å². The molecule has 0 aliphatic rings. The highest BCUT2D eigenvalue weighted by atomic mass is 16.5. The summed E-state index contributed by atoms with van der Waals surface area (Å²) in [5.41, 5.74) is 0. The summed E-state index contributed by atoms with van der Waals surface area (Å²) in [4.78, 5) is 2.27. The monoisotopic (exact) mass is 252 g/mol. The van der Waals surface area contributed by atoms with Crippen molar-refractivity contribution in [2.75, 3.05) is 47.4 Å². The SMILES string of the molecule is CNCCCN(C)CCOc1ccccc1OC. The van der Waals surface area contributed by atoms with Gasteiger partial charge in [0, 0.05) is 6.54 Å². The van der Waals surface area contributed by atoms with E-state index in [1.165, 1.54) is 0 Å². The highest BCUT2D eigenvalue weighted by Crippen LogP contribution is 2.25. The second kappa shape index (κ2) is 8.78. The molecule has 102 valence electrons. The van der Waals surface area contributed by atoms with Gasteiger partial charge in [-0.25, -0.2) is 0 Å². The van der Waals surface area contributed by atoms with Crippen LogP contribution < -0.4 is 14.8 Å². The maximum Gasteiger partial charge on any atom is 0.161 e. The Morgan fingerprint density at radius 3 is 2.56 bits per heavy atom. The molecule has 1 rings (SSSR count). The fourth-order valence-corrected chi connectivity index (χ4v) is 1.69. The first-order valence-electron chi connectivity index (χ1n) is 6.37. The van der Waals surface area contributed by atoms with Gasteiger partial charge in [-0.1, -0.05) is 12.1 Å². The molecular weight excluding hydrogens is 228 g/mol. The van der Waals surface area contributed by atoms with E-state index in [9.17, 15) is 0 Å². The van der Waals surface area contributed by atoms with Crippen LogP contribution in [-0.2, 0) is 0 Å². The molecule has 0 radical (unpaired) electrons. The van der Waals surface area contributed by atoms with Crippen molar-refractivity contribution in [3.05, 3.63) is 24.3 Å². The number of likely N-dealkylation sites (N-methyl/N-ethyl adjacent to an activating group) is 1. The maximum absolute atomic E-state index is 5.72. The lowest BCUT2D eigenvalue weighted by Gasteiger charge is -2.17. The minimum Gasteiger partial charge on any atom is -0.493 e. The Morgan fingerprint density at radius 1 is 1.17 bits per heavy atom. The summed E-state index contributed by atoms with van der Waals surface area (Å²) >= 11 is 0. The lowest BCUT2D eigenvalue weighted by molar-refractivity contribution is 0.229. The minimum absolute atomic E-state index is 0.677. The number of para-hydroxylation sites is 2. The van der Waals surface area contributed by atoms with Crippen LogP contribution in [0.4, 0.5) is 0 Å². The van der Waals surface area contributed by atoms with Crippen molar-refractivity contribution in [2.24, 2.45) is 0 Å². The molecule has 0 heterocycles. The van der Waals surface area contributed by atoms with E-state index in [1.54, 1.807) is 7.11 Å². The van der Waals surface area contributed by atoms with Crippen molar-refractivity contribution in [2.45, 2.75) is 6.42 Å². The van der Waals surface area contributed by atoms with Crippen LogP contribution in [0.5, 0.6) is 11.5 Å². The fraction of sp³-hybridized carbons (Fsp3) is 0.571. The number of nitrogens with one attached hydrogen (secondary N) is 1. The molecule has 1 aromatic rings. The second-order valence-electron chi connectivity index (χ2n) is 4.26. The van der Waals surface area contributed by atoms with Crippen LogP contribution in [0.15, 0.2) is 24.3 Å². The van der Waals surface area contributed by atoms with Crippen LogP contribution in [-0.4, -0.2) is 52.3 Å². The topological polar surface area (TPSA) is 33.7 Å². The molecule has 0 saturated carbocycles. The number of hydrogen-bond donors (Lipinski definition) is 1. The van der Waals surface area contributed by atoms with Crippen molar-refractivity contribution in [1.82, 2.24) is 10.2 Å². The Kier molecular flexibility index (Phi) is 7.22. The molecule has 0 aromatic heterocycles. The molecule has 1 aromatic carbocycles. The summed E-state index contributed by atoms with van der Waals surface area (Å²) in [6.07, 6.45) is 1.15. The Balaban J connectivity index is 2.24. The van der Waals surface area contributed by atoms with Crippen LogP contribution in [0.25, 0.3) is 0 Å². The Hall–Kier alpha value is -1.26. The summed E-state index contributed by atoms with van der Waals surface area (Å²) in [7, 11) is 5.75. The molecule has 1 N–H and O–H groups in total. The highest BCUT2D eigenvalue weighted by Gasteiger charge is 2.03. The van der Waals surface area contributed by atoms with E-state index in [4.69, 9.17) is 9.47 Å². The summed E-state index contributed by atoms with van der Waals surface area (Å²) in [6.45, 7) is 3.73. The molecule has 0 amide bonds. The van der Waals surface area contributed by atoms with Gasteiger partial charge in [-0.15, -0.1) is 0 Å². The van der Waals surface area contributed by atoms with Gasteiger partial charge in [0.05, 0.1) is 7.11 Å². The van der Waals surface area contributed by atoms with Crippen LogP contribution >= 0.6 is 0 Å². The van der Waals surface area contributed by atoms with Crippen LogP contribution in [0, 0.1) is 0 Å². The number of benzene rings is 1. The minimum atomic E-state index is 0.677. The van der Waals surface area contributed by atoms with Gasteiger partial charge < -0.3 is 19.7 Å². The van der Waals surface area contributed by atoms with Crippen molar-refractivity contribution in [3.8, 4) is 11.5 Å². The van der Waals surface area contributed by atoms with Crippen molar-refractivity contribution in [3.63, 3.8) is 0 Å². The van der Waals surface area contributed by atoms with E-state index < -0.39 is 0 Å². The average molecular weight is 252 g/mol. The van der Waals surface area contributed by atoms with Gasteiger partial charge in [-0.2, -0.15) is 0 Å². The molecule has 0 spiro atoms. The highest BCUT2D eigenvalue weighted by molar-refractivity contribution is 5.39. The molecule has 0 fully saturated rings. The van der Waals surface area contributed by atoms with Crippen molar-refractivity contribution < 1.29 is 9.47 Å². The third-order valence-corrected chi connectivity index (χ3v) is 2.77. The van der Waals surface area contributed by atoms with E-state index in [0.29, 0.717) is 6.61 Å². The van der Waals surface area contributed by atoms with Gasteiger partial charge in [0.15, 0.2) is 11.5 Å². The lowest BCUT2D eigenvalue weighted by atomic mass is 10.3. The molecule has 0 aliphatic carbocycles. The van der Waals surface area contributed by atoms with E-state index in [2.05, 4.69) is 17.3 Å². The second-order valence-corrected chi connectivity index (χ2v) is 4.26. The van der Waals surface area contributed by atoms with Crippen molar-refractivity contribution >= 4 is 0 Å².